The summed E-state index contributed by atoms with van der Waals surface area (Å²) >= 11 is 0. The smallest absolute Gasteiger partial charge is 0.401 e. The molecule has 1 aliphatic carbocycles. The summed E-state index contributed by atoms with van der Waals surface area (Å²) in [6, 6.07) is 0. The van der Waals surface area contributed by atoms with Crippen LogP contribution in [-0.2, 0) is 4.79 Å². The third kappa shape index (κ3) is 2.64. The van der Waals surface area contributed by atoms with Crippen LogP contribution in [0.1, 0.15) is 39.5 Å². The summed E-state index contributed by atoms with van der Waals surface area (Å²) < 4.78 is 39.3. The Morgan fingerprint density at radius 2 is 1.65 bits per heavy atom. The van der Waals surface area contributed by atoms with Crippen molar-refractivity contribution < 1.29 is 23.1 Å². The number of rotatable bonds is 2. The van der Waals surface area contributed by atoms with Crippen molar-refractivity contribution in [1.82, 2.24) is 0 Å². The highest BCUT2D eigenvalue weighted by Gasteiger charge is 2.60. The lowest BCUT2D eigenvalue weighted by Gasteiger charge is -2.42. The molecule has 0 aromatic carbocycles. The number of ketones is 1. The van der Waals surface area contributed by atoms with Gasteiger partial charge in [-0.2, -0.15) is 13.2 Å². The van der Waals surface area contributed by atoms with Crippen molar-refractivity contribution in [2.45, 2.75) is 45.7 Å². The van der Waals surface area contributed by atoms with Crippen molar-refractivity contribution in [3.05, 3.63) is 12.3 Å². The summed E-state index contributed by atoms with van der Waals surface area (Å²) in [5.74, 6) is -1.04. The zero-order chi connectivity index (χ0) is 13.3. The molecule has 98 valence electrons. The predicted octanol–water partition coefficient (Wildman–Crippen LogP) is 3.78. The van der Waals surface area contributed by atoms with Gasteiger partial charge in [0, 0.05) is 6.08 Å². The summed E-state index contributed by atoms with van der Waals surface area (Å²) in [6.07, 6.45) is -3.24. The van der Waals surface area contributed by atoms with Gasteiger partial charge in [-0.25, -0.2) is 0 Å². The standard InChI is InChI=1S/C12H17F3O2/c1-10(2)4-6-11(7-5-10,12(13,14)15)9(17)3-8-16/h3,8,16H,4-7H2,1-2H3. The highest BCUT2D eigenvalue weighted by atomic mass is 19.4. The van der Waals surface area contributed by atoms with E-state index in [-0.39, 0.29) is 18.3 Å². The largest absolute Gasteiger partial charge is 0.515 e. The van der Waals surface area contributed by atoms with E-state index in [4.69, 9.17) is 5.11 Å². The Hall–Kier alpha value is -1.00. The van der Waals surface area contributed by atoms with Gasteiger partial charge in [-0.15, -0.1) is 0 Å². The molecule has 0 atom stereocenters. The van der Waals surface area contributed by atoms with E-state index in [0.717, 1.165) is 0 Å². The summed E-state index contributed by atoms with van der Waals surface area (Å²) in [5, 5.41) is 8.48. The van der Waals surface area contributed by atoms with E-state index in [1.165, 1.54) is 0 Å². The highest BCUT2D eigenvalue weighted by molar-refractivity contribution is 5.95. The minimum Gasteiger partial charge on any atom is -0.515 e. The number of hydrogen-bond donors (Lipinski definition) is 1. The van der Waals surface area contributed by atoms with Gasteiger partial charge in [-0.3, -0.25) is 4.79 Å². The van der Waals surface area contributed by atoms with Crippen LogP contribution in [0, 0.1) is 10.8 Å². The molecule has 0 aromatic heterocycles. The Morgan fingerprint density at radius 1 is 1.18 bits per heavy atom. The van der Waals surface area contributed by atoms with Crippen LogP contribution < -0.4 is 0 Å². The number of hydrogen-bond acceptors (Lipinski definition) is 2. The zero-order valence-electron chi connectivity index (χ0n) is 9.97. The SMILES string of the molecule is CC1(C)CCC(C(=O)C=CO)(C(F)(F)F)CC1. The maximum Gasteiger partial charge on any atom is 0.401 e. The van der Waals surface area contributed by atoms with Crippen LogP contribution in [0.2, 0.25) is 0 Å². The molecule has 0 heterocycles. The zero-order valence-corrected chi connectivity index (χ0v) is 9.97. The highest BCUT2D eigenvalue weighted by Crippen LogP contribution is 2.53. The van der Waals surface area contributed by atoms with Crippen LogP contribution in [0.15, 0.2) is 12.3 Å². The molecule has 1 N–H and O–H groups in total. The third-order valence-corrected chi connectivity index (χ3v) is 3.70. The molecule has 0 aromatic rings. The van der Waals surface area contributed by atoms with Crippen molar-refractivity contribution in [2.24, 2.45) is 10.8 Å². The first-order valence-corrected chi connectivity index (χ1v) is 5.57. The molecule has 1 rings (SSSR count). The molecule has 0 bridgehead atoms. The number of allylic oxidation sites excluding steroid dienone is 1. The van der Waals surface area contributed by atoms with Crippen molar-refractivity contribution in [3.63, 3.8) is 0 Å². The van der Waals surface area contributed by atoms with Gasteiger partial charge in [0.15, 0.2) is 5.78 Å². The van der Waals surface area contributed by atoms with Gasteiger partial charge in [0.2, 0.25) is 0 Å². The average molecular weight is 250 g/mol. The molecule has 1 aliphatic rings. The number of aliphatic hydroxyl groups excluding tert-OH is 1. The van der Waals surface area contributed by atoms with E-state index in [2.05, 4.69) is 0 Å². The topological polar surface area (TPSA) is 37.3 Å². The van der Waals surface area contributed by atoms with E-state index in [1.54, 1.807) is 0 Å². The number of carbonyl (C=O) groups is 1. The minimum atomic E-state index is -4.56. The van der Waals surface area contributed by atoms with Crippen molar-refractivity contribution in [1.29, 1.82) is 0 Å². The maximum atomic E-state index is 13.1. The first-order chi connectivity index (χ1) is 7.65. The molecule has 1 saturated carbocycles. The van der Waals surface area contributed by atoms with E-state index in [0.29, 0.717) is 25.2 Å². The molecule has 2 nitrogen and oxygen atoms in total. The average Bonchev–Trinajstić information content (AvgIpc) is 2.16. The van der Waals surface area contributed by atoms with Gasteiger partial charge in [-0.05, 0) is 31.1 Å². The van der Waals surface area contributed by atoms with Crippen molar-refractivity contribution in [3.8, 4) is 0 Å². The van der Waals surface area contributed by atoms with Gasteiger partial charge < -0.3 is 5.11 Å². The van der Waals surface area contributed by atoms with Crippen LogP contribution in [0.4, 0.5) is 13.2 Å². The number of alkyl halides is 3. The lowest BCUT2D eigenvalue weighted by Crippen LogP contribution is -2.48. The van der Waals surface area contributed by atoms with Crippen LogP contribution in [0.25, 0.3) is 0 Å². The van der Waals surface area contributed by atoms with Gasteiger partial charge in [0.1, 0.15) is 5.41 Å². The summed E-state index contributed by atoms with van der Waals surface area (Å²) in [7, 11) is 0. The van der Waals surface area contributed by atoms with E-state index in [1.807, 2.05) is 13.8 Å². The van der Waals surface area contributed by atoms with Crippen molar-refractivity contribution >= 4 is 5.78 Å². The first kappa shape index (κ1) is 14.1. The quantitative estimate of drug-likeness (QED) is 0.598. The van der Waals surface area contributed by atoms with Crippen LogP contribution in [0.5, 0.6) is 0 Å². The number of carbonyl (C=O) groups excluding carboxylic acids is 1. The van der Waals surface area contributed by atoms with E-state index >= 15 is 0 Å². The van der Waals surface area contributed by atoms with Crippen LogP contribution in [0.3, 0.4) is 0 Å². The number of halogens is 3. The molecule has 0 unspecified atom stereocenters. The number of aliphatic hydroxyl groups is 1. The van der Waals surface area contributed by atoms with Crippen LogP contribution >= 0.6 is 0 Å². The van der Waals surface area contributed by atoms with Gasteiger partial charge in [0.25, 0.3) is 0 Å². The molecular weight excluding hydrogens is 233 g/mol. The Labute approximate surface area is 98.5 Å². The molecule has 1 fully saturated rings. The Kier molecular flexibility index (Phi) is 3.60. The molecular formula is C12H17F3O2. The van der Waals surface area contributed by atoms with Crippen LogP contribution in [-0.4, -0.2) is 17.1 Å². The fourth-order valence-electron chi connectivity index (χ4n) is 2.25. The molecule has 0 amide bonds. The second kappa shape index (κ2) is 4.35. The second-order valence-corrected chi connectivity index (χ2v) is 5.42. The Bertz CT molecular complexity index is 319. The van der Waals surface area contributed by atoms with E-state index in [9.17, 15) is 18.0 Å². The molecule has 0 aliphatic heterocycles. The summed E-state index contributed by atoms with van der Waals surface area (Å²) in [5.41, 5.74) is -2.46. The molecule has 0 spiro atoms. The summed E-state index contributed by atoms with van der Waals surface area (Å²) in [6.45, 7) is 3.80. The lowest BCUT2D eigenvalue weighted by atomic mass is 9.63. The molecule has 0 radical (unpaired) electrons. The van der Waals surface area contributed by atoms with Gasteiger partial charge >= 0.3 is 6.18 Å². The molecule has 17 heavy (non-hydrogen) atoms. The maximum absolute atomic E-state index is 13.1. The van der Waals surface area contributed by atoms with Gasteiger partial charge in [0.05, 0.1) is 6.26 Å². The summed E-state index contributed by atoms with van der Waals surface area (Å²) in [4.78, 5) is 11.6. The van der Waals surface area contributed by atoms with Crippen molar-refractivity contribution in [2.75, 3.05) is 0 Å². The Balaban J connectivity index is 3.03. The molecule has 5 heteroatoms. The predicted molar refractivity (Wildman–Crippen MR) is 57.5 cm³/mol. The van der Waals surface area contributed by atoms with Gasteiger partial charge in [-0.1, -0.05) is 13.8 Å². The normalized spacial score (nSPS) is 23.8. The van der Waals surface area contributed by atoms with E-state index < -0.39 is 17.4 Å². The molecule has 0 saturated heterocycles. The fourth-order valence-corrected chi connectivity index (χ4v) is 2.25. The monoisotopic (exact) mass is 250 g/mol. The second-order valence-electron chi connectivity index (χ2n) is 5.42. The Morgan fingerprint density at radius 3 is 2.00 bits per heavy atom. The lowest BCUT2D eigenvalue weighted by molar-refractivity contribution is -0.230. The fraction of sp³-hybridized carbons (Fsp3) is 0.750. The minimum absolute atomic E-state index is 0.155. The first-order valence-electron chi connectivity index (χ1n) is 5.57. The third-order valence-electron chi connectivity index (χ3n) is 3.70.